The van der Waals surface area contributed by atoms with Crippen molar-refractivity contribution in [2.24, 2.45) is 0 Å². The van der Waals surface area contributed by atoms with Crippen LogP contribution in [0.3, 0.4) is 0 Å². The molecule has 1 saturated carbocycles. The first-order chi connectivity index (χ1) is 23.8. The highest BCUT2D eigenvalue weighted by Crippen LogP contribution is 2.38. The van der Waals surface area contributed by atoms with Crippen molar-refractivity contribution in [1.29, 1.82) is 0 Å². The van der Waals surface area contributed by atoms with E-state index in [9.17, 15) is 9.18 Å². The molecule has 9 nitrogen and oxygen atoms in total. The number of likely N-dealkylation sites (tertiary alicyclic amines) is 1. The molecule has 0 bridgehead atoms. The molecule has 1 aliphatic carbocycles. The van der Waals surface area contributed by atoms with E-state index in [2.05, 4.69) is 26.3 Å². The molecule has 2 aromatic heterocycles. The largest absolute Gasteiger partial charge is 0.460 e. The molecular formula is C37H38ClF2N7O2. The van der Waals surface area contributed by atoms with Gasteiger partial charge in [-0.05, 0) is 37.1 Å². The number of nitrogens with zero attached hydrogens (tertiary/aromatic N) is 7. The van der Waals surface area contributed by atoms with Crippen LogP contribution in [0.2, 0.25) is 5.02 Å². The third-order valence-electron chi connectivity index (χ3n) is 10.2. The van der Waals surface area contributed by atoms with Gasteiger partial charge in [-0.3, -0.25) is 9.78 Å². The predicted octanol–water partition coefficient (Wildman–Crippen LogP) is 7.23. The van der Waals surface area contributed by atoms with Gasteiger partial charge in [0.15, 0.2) is 11.6 Å². The van der Waals surface area contributed by atoms with Gasteiger partial charge in [0.25, 0.3) is 5.91 Å². The van der Waals surface area contributed by atoms with Crippen molar-refractivity contribution in [3.8, 4) is 17.3 Å². The minimum Gasteiger partial charge on any atom is -0.460 e. The molecule has 1 atom stereocenters. The maximum Gasteiger partial charge on any atom is 0.319 e. The number of amides is 1. The van der Waals surface area contributed by atoms with Gasteiger partial charge in [-0.15, -0.1) is 0 Å². The van der Waals surface area contributed by atoms with Crippen molar-refractivity contribution in [2.45, 2.75) is 63.1 Å². The number of carbonyl (C=O) groups excluding carboxylic acids is 1. The Labute approximate surface area is 289 Å². The first-order valence-corrected chi connectivity index (χ1v) is 17.4. The van der Waals surface area contributed by atoms with E-state index >= 15 is 4.39 Å². The summed E-state index contributed by atoms with van der Waals surface area (Å²) in [4.78, 5) is 35.9. The number of rotatable bonds is 7. The first-order valence-electron chi connectivity index (χ1n) is 17.0. The molecule has 0 N–H and O–H groups in total. The summed E-state index contributed by atoms with van der Waals surface area (Å²) < 4.78 is 37.1. The summed E-state index contributed by atoms with van der Waals surface area (Å²) in [5, 5.41) is 2.39. The van der Waals surface area contributed by atoms with Gasteiger partial charge in [-0.2, -0.15) is 9.97 Å². The Morgan fingerprint density at radius 1 is 1.04 bits per heavy atom. The number of pyridine rings is 1. The fraction of sp³-hybridized carbons (Fsp3) is 0.432. The normalized spacial score (nSPS) is 19.7. The molecule has 2 saturated heterocycles. The van der Waals surface area contributed by atoms with Crippen LogP contribution in [0.25, 0.3) is 37.8 Å². The number of anilines is 1. The Hall–Kier alpha value is -4.40. The number of halogens is 3. The number of aromatic nitrogens is 3. The van der Waals surface area contributed by atoms with Crippen molar-refractivity contribution in [1.82, 2.24) is 24.8 Å². The smallest absolute Gasteiger partial charge is 0.319 e. The van der Waals surface area contributed by atoms with Gasteiger partial charge in [0, 0.05) is 60.9 Å². The van der Waals surface area contributed by atoms with Crippen LogP contribution in [0.4, 0.5) is 14.6 Å². The summed E-state index contributed by atoms with van der Waals surface area (Å²) in [5.41, 5.74) is 0.687. The van der Waals surface area contributed by atoms with Gasteiger partial charge in [-0.25, -0.2) is 15.4 Å². The molecule has 2 aromatic carbocycles. The number of benzene rings is 2. The zero-order valence-corrected chi connectivity index (χ0v) is 28.0. The van der Waals surface area contributed by atoms with Crippen molar-refractivity contribution < 1.29 is 18.3 Å². The van der Waals surface area contributed by atoms with Crippen LogP contribution < -0.4 is 9.64 Å². The lowest BCUT2D eigenvalue weighted by Crippen LogP contribution is -2.56. The highest BCUT2D eigenvalue weighted by molar-refractivity contribution is 6.36. The standard InChI is InChI=1S/C37H38ClF2N7O2/c1-23(39)36(48)47-19-18-46(22-26(47)20-41-2)35-29-21-42-33(28-12-6-8-24-9-7-13-30(38)31(24)28)32(40)34(29)43-37(44-35)49-27-14-16-45(17-15-27)25-10-4-3-5-11-25/h6-9,12-13,21,25-27H,1,3-5,10-11,14-20,22H2/t26-/m0/s1. The Morgan fingerprint density at radius 2 is 1.80 bits per heavy atom. The van der Waals surface area contributed by atoms with Crippen LogP contribution in [0.1, 0.15) is 44.9 Å². The van der Waals surface area contributed by atoms with Crippen molar-refractivity contribution in [3.63, 3.8) is 0 Å². The van der Waals surface area contributed by atoms with Crippen LogP contribution in [0.15, 0.2) is 55.0 Å². The summed E-state index contributed by atoms with van der Waals surface area (Å²) in [6.07, 6.45) is 9.41. The summed E-state index contributed by atoms with van der Waals surface area (Å²) in [6.45, 7) is 13.0. The van der Waals surface area contributed by atoms with Crippen LogP contribution >= 0.6 is 11.6 Å². The maximum atomic E-state index is 16.8. The Kier molecular flexibility index (Phi) is 9.61. The lowest BCUT2D eigenvalue weighted by Gasteiger charge is -2.40. The SMILES string of the molecule is [C-]#[N+]C[C@H]1CN(c2nc(OC3CCN(C4CCCCC4)CC3)nc3c(F)c(-c4cccc5cccc(Cl)c45)ncc23)CCN1C(=O)C(=C)F. The number of hydrogen-bond donors (Lipinski definition) is 0. The van der Waals surface area contributed by atoms with Crippen LogP contribution in [-0.4, -0.2) is 88.1 Å². The molecule has 7 rings (SSSR count). The molecule has 0 spiro atoms. The third kappa shape index (κ3) is 6.64. The molecule has 12 heteroatoms. The Balaban J connectivity index is 1.26. The highest BCUT2D eigenvalue weighted by Gasteiger charge is 2.36. The minimum absolute atomic E-state index is 0.0416. The fourth-order valence-electron chi connectivity index (χ4n) is 7.68. The van der Waals surface area contributed by atoms with E-state index in [4.69, 9.17) is 27.9 Å². The highest BCUT2D eigenvalue weighted by atomic mass is 35.5. The quantitative estimate of drug-likeness (QED) is 0.150. The first kappa shape index (κ1) is 33.1. The number of ether oxygens (including phenoxy) is 1. The zero-order valence-electron chi connectivity index (χ0n) is 27.3. The van der Waals surface area contributed by atoms with E-state index in [1.165, 1.54) is 37.0 Å². The van der Waals surface area contributed by atoms with Crippen molar-refractivity contribution in [2.75, 3.05) is 44.2 Å². The van der Waals surface area contributed by atoms with Gasteiger partial charge in [0.1, 0.15) is 29.2 Å². The van der Waals surface area contributed by atoms with E-state index in [1.807, 2.05) is 29.2 Å². The topological polar surface area (TPSA) is 79.1 Å². The maximum absolute atomic E-state index is 16.8. The number of carbonyl (C=O) groups is 1. The van der Waals surface area contributed by atoms with Gasteiger partial charge in [-0.1, -0.05) is 67.8 Å². The number of fused-ring (bicyclic) bond motifs is 2. The second-order valence-electron chi connectivity index (χ2n) is 13.1. The predicted molar refractivity (Wildman–Crippen MR) is 187 cm³/mol. The summed E-state index contributed by atoms with van der Waals surface area (Å²) in [5.74, 6) is -2.16. The molecule has 2 aliphatic heterocycles. The van der Waals surface area contributed by atoms with Gasteiger partial charge in [0.05, 0.1) is 5.39 Å². The molecule has 49 heavy (non-hydrogen) atoms. The number of piperidine rings is 1. The Bertz CT molecular complexity index is 1930. The Morgan fingerprint density at radius 3 is 2.53 bits per heavy atom. The van der Waals surface area contributed by atoms with E-state index in [0.717, 1.165) is 31.3 Å². The van der Waals surface area contributed by atoms with Crippen molar-refractivity contribution in [3.05, 3.63) is 77.3 Å². The summed E-state index contributed by atoms with van der Waals surface area (Å²) in [7, 11) is 0. The summed E-state index contributed by atoms with van der Waals surface area (Å²) >= 11 is 6.61. The van der Waals surface area contributed by atoms with E-state index in [-0.39, 0.29) is 49.5 Å². The van der Waals surface area contributed by atoms with Gasteiger partial charge >= 0.3 is 6.01 Å². The van der Waals surface area contributed by atoms with Gasteiger partial charge < -0.3 is 24.3 Å². The molecule has 3 fully saturated rings. The fourth-order valence-corrected chi connectivity index (χ4v) is 7.97. The second kappa shape index (κ2) is 14.2. The van der Waals surface area contributed by atoms with Crippen LogP contribution in [0.5, 0.6) is 6.01 Å². The second-order valence-corrected chi connectivity index (χ2v) is 13.6. The monoisotopic (exact) mass is 685 g/mol. The van der Waals surface area contributed by atoms with E-state index in [1.54, 1.807) is 18.3 Å². The minimum atomic E-state index is -1.08. The molecule has 3 aliphatic rings. The molecule has 4 heterocycles. The molecule has 1 amide bonds. The van der Waals surface area contributed by atoms with E-state index in [0.29, 0.717) is 33.2 Å². The van der Waals surface area contributed by atoms with Crippen LogP contribution in [-0.2, 0) is 4.79 Å². The van der Waals surface area contributed by atoms with Crippen molar-refractivity contribution >= 4 is 45.0 Å². The van der Waals surface area contributed by atoms with E-state index < -0.39 is 23.6 Å². The van der Waals surface area contributed by atoms with Crippen LogP contribution in [0, 0.1) is 12.4 Å². The third-order valence-corrected chi connectivity index (χ3v) is 10.5. The molecule has 0 unspecified atom stereocenters. The lowest BCUT2D eigenvalue weighted by molar-refractivity contribution is -0.131. The van der Waals surface area contributed by atoms with Gasteiger partial charge in [0.2, 0.25) is 6.54 Å². The molecular weight excluding hydrogens is 648 g/mol. The number of piperazine rings is 1. The summed E-state index contributed by atoms with van der Waals surface area (Å²) in [6, 6.07) is 11.1. The molecule has 0 radical (unpaired) electrons. The average Bonchev–Trinajstić information content (AvgIpc) is 3.12. The average molecular weight is 686 g/mol. The lowest BCUT2D eigenvalue weighted by atomic mass is 9.92. The zero-order chi connectivity index (χ0) is 34.1. The molecule has 254 valence electrons. The molecule has 4 aromatic rings. The number of hydrogen-bond acceptors (Lipinski definition) is 7.